The molecular formula is C18H14N2O8. The minimum atomic E-state index is -1.41. The number of benzene rings is 1. The second kappa shape index (κ2) is 6.91. The van der Waals surface area contributed by atoms with Crippen LogP contribution in [0.5, 0.6) is 11.5 Å². The number of aromatic carboxylic acids is 2. The Morgan fingerprint density at radius 1 is 0.964 bits per heavy atom. The summed E-state index contributed by atoms with van der Waals surface area (Å²) in [7, 11) is 0. The van der Waals surface area contributed by atoms with Crippen LogP contribution in [-0.4, -0.2) is 54.5 Å². The highest BCUT2D eigenvalue weighted by atomic mass is 16.4. The van der Waals surface area contributed by atoms with Crippen molar-refractivity contribution in [2.24, 2.45) is 0 Å². The fourth-order valence-electron chi connectivity index (χ4n) is 2.91. The molecule has 0 aliphatic carbocycles. The molecule has 10 heteroatoms. The molecule has 2 heterocycles. The molecule has 1 aromatic carbocycles. The molecule has 1 aliphatic rings. The minimum absolute atomic E-state index is 0.0694. The maximum absolute atomic E-state index is 11.6. The van der Waals surface area contributed by atoms with E-state index in [9.17, 15) is 29.7 Å². The standard InChI is InChI=1S/C18H14N2O8/c21-14-6-9-5-13(18(27)28)20(12(9)7-15(14)22)2-1-8-3-10(16(23)24)19-11(4-8)17(25)26/h1-4,6-7,13,21-22H,5H2,(H,23,24)(H,25,26)(H,27,28)/t13-/m0/s1. The zero-order chi connectivity index (χ0) is 20.6. The zero-order valence-electron chi connectivity index (χ0n) is 14.1. The molecule has 0 spiro atoms. The topological polar surface area (TPSA) is 168 Å². The van der Waals surface area contributed by atoms with E-state index in [0.717, 1.165) is 12.1 Å². The van der Waals surface area contributed by atoms with Gasteiger partial charge in [-0.15, -0.1) is 0 Å². The summed E-state index contributed by atoms with van der Waals surface area (Å²) in [5, 5.41) is 46.9. The summed E-state index contributed by atoms with van der Waals surface area (Å²) in [5.74, 6) is -4.76. The lowest BCUT2D eigenvalue weighted by atomic mass is 10.1. The van der Waals surface area contributed by atoms with E-state index >= 15 is 0 Å². The molecular weight excluding hydrogens is 372 g/mol. The second-order valence-electron chi connectivity index (χ2n) is 6.03. The lowest BCUT2D eigenvalue weighted by Gasteiger charge is -2.20. The molecule has 1 aliphatic heterocycles. The largest absolute Gasteiger partial charge is 0.504 e. The van der Waals surface area contributed by atoms with Crippen LogP contribution in [0.2, 0.25) is 0 Å². The average Bonchev–Trinajstić information content (AvgIpc) is 2.97. The van der Waals surface area contributed by atoms with Crippen molar-refractivity contribution >= 4 is 29.7 Å². The van der Waals surface area contributed by atoms with Gasteiger partial charge >= 0.3 is 17.9 Å². The quantitative estimate of drug-likeness (QED) is 0.473. The molecule has 0 fully saturated rings. The van der Waals surface area contributed by atoms with Crippen molar-refractivity contribution in [2.75, 3.05) is 4.90 Å². The van der Waals surface area contributed by atoms with Gasteiger partial charge < -0.3 is 30.4 Å². The van der Waals surface area contributed by atoms with E-state index in [0.29, 0.717) is 11.3 Å². The molecule has 144 valence electrons. The molecule has 28 heavy (non-hydrogen) atoms. The fraction of sp³-hybridized carbons (Fsp3) is 0.111. The van der Waals surface area contributed by atoms with Crippen molar-refractivity contribution in [3.63, 3.8) is 0 Å². The van der Waals surface area contributed by atoms with Gasteiger partial charge in [0.1, 0.15) is 17.4 Å². The average molecular weight is 386 g/mol. The number of hydrogen-bond acceptors (Lipinski definition) is 7. The van der Waals surface area contributed by atoms with Crippen LogP contribution in [0.4, 0.5) is 5.69 Å². The van der Waals surface area contributed by atoms with Crippen LogP contribution in [-0.2, 0) is 11.2 Å². The number of pyridine rings is 1. The van der Waals surface area contributed by atoms with Crippen LogP contribution < -0.4 is 4.90 Å². The Hall–Kier alpha value is -4.08. The van der Waals surface area contributed by atoms with E-state index < -0.39 is 41.1 Å². The lowest BCUT2D eigenvalue weighted by molar-refractivity contribution is -0.138. The lowest BCUT2D eigenvalue weighted by Crippen LogP contribution is -2.34. The summed E-state index contributed by atoms with van der Waals surface area (Å²) < 4.78 is 0. The summed E-state index contributed by atoms with van der Waals surface area (Å²) in [5.41, 5.74) is 0.0901. The molecule has 0 amide bonds. The number of nitrogens with zero attached hydrogens (tertiary/aromatic N) is 2. The molecule has 3 rings (SSSR count). The molecule has 0 unspecified atom stereocenters. The van der Waals surface area contributed by atoms with Crippen LogP contribution in [0.15, 0.2) is 30.5 Å². The molecule has 10 nitrogen and oxygen atoms in total. The van der Waals surface area contributed by atoms with E-state index in [2.05, 4.69) is 4.98 Å². The molecule has 0 radical (unpaired) electrons. The number of carboxylic acid groups (broad SMARTS) is 3. The van der Waals surface area contributed by atoms with Crippen molar-refractivity contribution < 1.29 is 39.9 Å². The first-order valence-electron chi connectivity index (χ1n) is 7.90. The predicted molar refractivity (Wildman–Crippen MR) is 94.6 cm³/mol. The molecule has 0 saturated carbocycles. The van der Waals surface area contributed by atoms with E-state index in [4.69, 9.17) is 10.2 Å². The van der Waals surface area contributed by atoms with Gasteiger partial charge in [-0.25, -0.2) is 19.4 Å². The Labute approximate surface area is 157 Å². The van der Waals surface area contributed by atoms with Crippen molar-refractivity contribution in [3.8, 4) is 11.5 Å². The van der Waals surface area contributed by atoms with Gasteiger partial charge in [0.2, 0.25) is 0 Å². The third kappa shape index (κ3) is 3.43. The van der Waals surface area contributed by atoms with Crippen molar-refractivity contribution in [1.82, 2.24) is 4.98 Å². The highest BCUT2D eigenvalue weighted by Crippen LogP contribution is 2.40. The van der Waals surface area contributed by atoms with Gasteiger partial charge in [-0.3, -0.25) is 0 Å². The summed E-state index contributed by atoms with van der Waals surface area (Å²) in [4.78, 5) is 38.7. The number of hydrogen-bond donors (Lipinski definition) is 5. The van der Waals surface area contributed by atoms with Gasteiger partial charge in [0.15, 0.2) is 11.5 Å². The van der Waals surface area contributed by atoms with E-state index in [1.807, 2.05) is 0 Å². The van der Waals surface area contributed by atoms with Gasteiger partial charge in [-0.2, -0.15) is 0 Å². The Bertz CT molecular complexity index is 998. The Balaban J connectivity index is 2.03. The van der Waals surface area contributed by atoms with Gasteiger partial charge in [0.05, 0.1) is 0 Å². The van der Waals surface area contributed by atoms with Crippen LogP contribution in [0, 0.1) is 0 Å². The number of carboxylic acids is 3. The maximum Gasteiger partial charge on any atom is 0.354 e. The van der Waals surface area contributed by atoms with Crippen LogP contribution >= 0.6 is 0 Å². The number of phenols is 2. The first kappa shape index (κ1) is 18.7. The Morgan fingerprint density at radius 2 is 1.54 bits per heavy atom. The monoisotopic (exact) mass is 386 g/mol. The Kier molecular flexibility index (Phi) is 4.62. The van der Waals surface area contributed by atoms with E-state index in [1.165, 1.54) is 29.3 Å². The van der Waals surface area contributed by atoms with Crippen LogP contribution in [0.1, 0.15) is 32.1 Å². The third-order valence-electron chi connectivity index (χ3n) is 4.20. The van der Waals surface area contributed by atoms with Gasteiger partial charge in [0.25, 0.3) is 0 Å². The summed E-state index contributed by atoms with van der Waals surface area (Å²) >= 11 is 0. The number of fused-ring (bicyclic) bond motifs is 1. The van der Waals surface area contributed by atoms with E-state index in [-0.39, 0.29) is 17.7 Å². The van der Waals surface area contributed by atoms with Crippen molar-refractivity contribution in [2.45, 2.75) is 12.5 Å². The SMILES string of the molecule is O=C(O)c1cc(C=CN2c3cc(O)c(O)cc3C[C@H]2C(=O)O)cc(C(=O)O)n1. The fourth-order valence-corrected chi connectivity index (χ4v) is 2.91. The van der Waals surface area contributed by atoms with Crippen molar-refractivity contribution in [1.29, 1.82) is 0 Å². The minimum Gasteiger partial charge on any atom is -0.504 e. The van der Waals surface area contributed by atoms with Gasteiger partial charge in [-0.05, 0) is 35.4 Å². The molecule has 0 bridgehead atoms. The van der Waals surface area contributed by atoms with Gasteiger partial charge in [0, 0.05) is 24.4 Å². The normalized spacial score (nSPS) is 15.6. The highest BCUT2D eigenvalue weighted by Gasteiger charge is 2.34. The summed E-state index contributed by atoms with van der Waals surface area (Å²) in [6.45, 7) is 0. The molecule has 5 N–H and O–H groups in total. The number of aliphatic carboxylic acids is 1. The molecule has 2 aromatic rings. The zero-order valence-corrected chi connectivity index (χ0v) is 14.1. The summed E-state index contributed by atoms with van der Waals surface area (Å²) in [6.07, 6.45) is 2.75. The number of rotatable bonds is 5. The predicted octanol–water partition coefficient (Wildman–Crippen LogP) is 1.38. The van der Waals surface area contributed by atoms with Crippen LogP contribution in [0.3, 0.4) is 0 Å². The molecule has 1 aromatic heterocycles. The summed E-state index contributed by atoms with van der Waals surface area (Å²) in [6, 6.07) is 3.76. The number of aromatic nitrogens is 1. The van der Waals surface area contributed by atoms with Crippen molar-refractivity contribution in [3.05, 3.63) is 53.0 Å². The first-order chi connectivity index (χ1) is 13.2. The highest BCUT2D eigenvalue weighted by molar-refractivity contribution is 5.91. The number of phenolic OH excluding ortho intramolecular Hbond substituents is 2. The maximum atomic E-state index is 11.6. The number of carbonyl (C=O) groups is 3. The third-order valence-corrected chi connectivity index (χ3v) is 4.20. The number of anilines is 1. The first-order valence-corrected chi connectivity index (χ1v) is 7.90. The molecule has 0 saturated heterocycles. The van der Waals surface area contributed by atoms with Gasteiger partial charge in [-0.1, -0.05) is 0 Å². The van der Waals surface area contributed by atoms with Crippen LogP contribution in [0.25, 0.3) is 6.08 Å². The smallest absolute Gasteiger partial charge is 0.354 e. The molecule has 1 atom stereocenters. The second-order valence-corrected chi connectivity index (χ2v) is 6.03. The number of aromatic hydroxyl groups is 2. The van der Waals surface area contributed by atoms with E-state index in [1.54, 1.807) is 0 Å². The Morgan fingerprint density at radius 3 is 2.07 bits per heavy atom.